The molecule has 0 aliphatic carbocycles. The summed E-state index contributed by atoms with van der Waals surface area (Å²) < 4.78 is 7.79. The quantitative estimate of drug-likeness (QED) is 0.820. The van der Waals surface area contributed by atoms with Gasteiger partial charge in [-0.2, -0.15) is 0 Å². The lowest BCUT2D eigenvalue weighted by Crippen LogP contribution is -2.05. The number of ether oxygens (including phenoxy) is 1. The number of rotatable bonds is 4. The number of hydrogen-bond acceptors (Lipinski definition) is 2. The highest BCUT2D eigenvalue weighted by Crippen LogP contribution is 2.28. The van der Waals surface area contributed by atoms with E-state index in [0.717, 1.165) is 25.8 Å². The highest BCUT2D eigenvalue weighted by atomic mass is 79.9. The summed E-state index contributed by atoms with van der Waals surface area (Å²) in [7, 11) is 0. The van der Waals surface area contributed by atoms with Crippen molar-refractivity contribution in [1.82, 2.24) is 0 Å². The van der Waals surface area contributed by atoms with Crippen LogP contribution in [0.15, 0.2) is 51.4 Å². The molecule has 0 aliphatic rings. The second kappa shape index (κ2) is 6.55. The number of nitrogens with two attached hydrogens (primary N) is 1. The van der Waals surface area contributed by atoms with Crippen LogP contribution in [0, 0.1) is 0 Å². The molecule has 0 aromatic heterocycles. The fourth-order valence-electron chi connectivity index (χ4n) is 1.71. The number of hydrogen-bond donors (Lipinski definition) is 1. The van der Waals surface area contributed by atoms with E-state index in [0.29, 0.717) is 6.61 Å². The fourth-order valence-corrected chi connectivity index (χ4v) is 2.66. The molecule has 1 atom stereocenters. The topological polar surface area (TPSA) is 35.2 Å². The van der Waals surface area contributed by atoms with Crippen LogP contribution in [0.2, 0.25) is 0 Å². The Morgan fingerprint density at radius 3 is 2.58 bits per heavy atom. The summed E-state index contributed by atoms with van der Waals surface area (Å²) >= 11 is 6.96. The van der Waals surface area contributed by atoms with Gasteiger partial charge in [0, 0.05) is 10.5 Å². The van der Waals surface area contributed by atoms with E-state index in [4.69, 9.17) is 10.5 Å². The molecule has 4 heteroatoms. The molecule has 100 valence electrons. The van der Waals surface area contributed by atoms with Crippen molar-refractivity contribution in [3.05, 3.63) is 62.5 Å². The molecule has 2 aromatic rings. The Labute approximate surface area is 130 Å². The van der Waals surface area contributed by atoms with Gasteiger partial charge in [0.15, 0.2) is 0 Å². The molecule has 0 saturated carbocycles. The average Bonchev–Trinajstić information content (AvgIpc) is 2.37. The van der Waals surface area contributed by atoms with Crippen LogP contribution in [0.4, 0.5) is 0 Å². The van der Waals surface area contributed by atoms with Crippen molar-refractivity contribution >= 4 is 31.9 Å². The monoisotopic (exact) mass is 383 g/mol. The van der Waals surface area contributed by atoms with Crippen molar-refractivity contribution in [3.63, 3.8) is 0 Å². The van der Waals surface area contributed by atoms with E-state index >= 15 is 0 Å². The Bertz CT molecular complexity index is 570. The fraction of sp³-hybridized carbons (Fsp3) is 0.200. The molecule has 0 radical (unpaired) electrons. The van der Waals surface area contributed by atoms with Gasteiger partial charge in [-0.3, -0.25) is 0 Å². The maximum atomic E-state index is 5.85. The van der Waals surface area contributed by atoms with Crippen LogP contribution in [0.5, 0.6) is 5.75 Å². The first-order valence-electron chi connectivity index (χ1n) is 5.98. The second-order valence-corrected chi connectivity index (χ2v) is 6.17. The third-order valence-corrected chi connectivity index (χ3v) is 3.88. The van der Waals surface area contributed by atoms with Crippen LogP contribution in [0.1, 0.15) is 24.1 Å². The van der Waals surface area contributed by atoms with Gasteiger partial charge in [-0.25, -0.2) is 0 Å². The van der Waals surface area contributed by atoms with Gasteiger partial charge in [0.25, 0.3) is 0 Å². The van der Waals surface area contributed by atoms with Gasteiger partial charge >= 0.3 is 0 Å². The summed E-state index contributed by atoms with van der Waals surface area (Å²) in [4.78, 5) is 0. The van der Waals surface area contributed by atoms with E-state index in [9.17, 15) is 0 Å². The van der Waals surface area contributed by atoms with Crippen molar-refractivity contribution in [1.29, 1.82) is 0 Å². The van der Waals surface area contributed by atoms with E-state index in [1.165, 1.54) is 0 Å². The van der Waals surface area contributed by atoms with Crippen molar-refractivity contribution in [2.45, 2.75) is 19.6 Å². The lowest BCUT2D eigenvalue weighted by atomic mass is 10.1. The molecule has 0 aliphatic heterocycles. The second-order valence-electron chi connectivity index (χ2n) is 4.40. The molecule has 2 nitrogen and oxygen atoms in total. The SMILES string of the molecule is C[C@H](N)c1ccc(OCc2cccc(Br)c2)c(Br)c1. The Morgan fingerprint density at radius 2 is 1.95 bits per heavy atom. The van der Waals surface area contributed by atoms with Crippen LogP contribution in [-0.2, 0) is 6.61 Å². The summed E-state index contributed by atoms with van der Waals surface area (Å²) in [5.41, 5.74) is 8.06. The van der Waals surface area contributed by atoms with Crippen molar-refractivity contribution in [2.24, 2.45) is 5.73 Å². The van der Waals surface area contributed by atoms with E-state index in [-0.39, 0.29) is 6.04 Å². The lowest BCUT2D eigenvalue weighted by molar-refractivity contribution is 0.304. The summed E-state index contributed by atoms with van der Waals surface area (Å²) in [6.45, 7) is 2.50. The summed E-state index contributed by atoms with van der Waals surface area (Å²) in [6.07, 6.45) is 0. The molecule has 19 heavy (non-hydrogen) atoms. The zero-order valence-electron chi connectivity index (χ0n) is 10.6. The molecule has 0 bridgehead atoms. The first-order chi connectivity index (χ1) is 9.06. The molecule has 0 saturated heterocycles. The largest absolute Gasteiger partial charge is 0.488 e. The number of benzene rings is 2. The normalized spacial score (nSPS) is 12.2. The molecule has 0 spiro atoms. The Balaban J connectivity index is 2.07. The van der Waals surface area contributed by atoms with Crippen LogP contribution >= 0.6 is 31.9 Å². The van der Waals surface area contributed by atoms with Crippen molar-refractivity contribution in [2.75, 3.05) is 0 Å². The molecule has 0 amide bonds. The predicted molar refractivity (Wildman–Crippen MR) is 85.2 cm³/mol. The maximum absolute atomic E-state index is 5.85. The Morgan fingerprint density at radius 1 is 1.16 bits per heavy atom. The first-order valence-corrected chi connectivity index (χ1v) is 7.57. The molecule has 0 unspecified atom stereocenters. The van der Waals surface area contributed by atoms with Gasteiger partial charge in [-0.05, 0) is 58.2 Å². The third kappa shape index (κ3) is 4.06. The lowest BCUT2D eigenvalue weighted by Gasteiger charge is -2.11. The van der Waals surface area contributed by atoms with Crippen LogP contribution in [0.25, 0.3) is 0 Å². The minimum Gasteiger partial charge on any atom is -0.488 e. The minimum atomic E-state index is 0.0235. The van der Waals surface area contributed by atoms with E-state index < -0.39 is 0 Å². The van der Waals surface area contributed by atoms with Gasteiger partial charge in [0.05, 0.1) is 4.47 Å². The minimum absolute atomic E-state index is 0.0235. The molecular formula is C15H15Br2NO. The van der Waals surface area contributed by atoms with E-state index in [1.54, 1.807) is 0 Å². The van der Waals surface area contributed by atoms with Gasteiger partial charge in [0.1, 0.15) is 12.4 Å². The Hall–Kier alpha value is -0.840. The molecule has 0 heterocycles. The van der Waals surface area contributed by atoms with E-state index in [2.05, 4.69) is 31.9 Å². The highest BCUT2D eigenvalue weighted by Gasteiger charge is 2.06. The van der Waals surface area contributed by atoms with E-state index in [1.807, 2.05) is 49.4 Å². The third-order valence-electron chi connectivity index (χ3n) is 2.77. The van der Waals surface area contributed by atoms with Crippen LogP contribution < -0.4 is 10.5 Å². The highest BCUT2D eigenvalue weighted by molar-refractivity contribution is 9.10. The molecular weight excluding hydrogens is 370 g/mol. The van der Waals surface area contributed by atoms with Gasteiger partial charge in [-0.15, -0.1) is 0 Å². The molecule has 2 N–H and O–H groups in total. The summed E-state index contributed by atoms with van der Waals surface area (Å²) in [5, 5.41) is 0. The van der Waals surface area contributed by atoms with Gasteiger partial charge < -0.3 is 10.5 Å². The zero-order chi connectivity index (χ0) is 13.8. The van der Waals surface area contributed by atoms with Crippen LogP contribution in [-0.4, -0.2) is 0 Å². The average molecular weight is 385 g/mol. The smallest absolute Gasteiger partial charge is 0.134 e. The first kappa shape index (κ1) is 14.6. The van der Waals surface area contributed by atoms with Gasteiger partial charge in [-0.1, -0.05) is 34.1 Å². The Kier molecular flexibility index (Phi) is 5.02. The standard InChI is InChI=1S/C15H15Br2NO/c1-10(18)12-5-6-15(14(17)8-12)19-9-11-3-2-4-13(16)7-11/h2-8,10H,9,18H2,1H3/t10-/m0/s1. The molecule has 2 rings (SSSR count). The van der Waals surface area contributed by atoms with Crippen LogP contribution in [0.3, 0.4) is 0 Å². The van der Waals surface area contributed by atoms with Crippen molar-refractivity contribution in [3.8, 4) is 5.75 Å². The zero-order valence-corrected chi connectivity index (χ0v) is 13.7. The van der Waals surface area contributed by atoms with Crippen molar-refractivity contribution < 1.29 is 4.74 Å². The molecule has 2 aromatic carbocycles. The molecule has 0 fully saturated rings. The maximum Gasteiger partial charge on any atom is 0.134 e. The van der Waals surface area contributed by atoms with Gasteiger partial charge in [0.2, 0.25) is 0 Å². The summed E-state index contributed by atoms with van der Waals surface area (Å²) in [6, 6.07) is 14.0. The number of halogens is 2. The summed E-state index contributed by atoms with van der Waals surface area (Å²) in [5.74, 6) is 0.823. The predicted octanol–water partition coefficient (Wildman–Crippen LogP) is 4.81.